The van der Waals surface area contributed by atoms with Crippen LogP contribution in [0.2, 0.25) is 0 Å². The molecule has 0 fully saturated rings. The number of ether oxygens (including phenoxy) is 3. The Balaban J connectivity index is 1.88. The smallest absolute Gasteiger partial charge is 0.306 e. The number of benzene rings is 2. The zero-order valence-electron chi connectivity index (χ0n) is 16.1. The van der Waals surface area contributed by atoms with Crippen molar-refractivity contribution in [3.05, 3.63) is 54.1 Å². The van der Waals surface area contributed by atoms with Gasteiger partial charge in [0.2, 0.25) is 0 Å². The average Bonchev–Trinajstić information content (AvgIpc) is 2.71. The molecule has 144 valence electrons. The topological polar surface area (TPSA) is 65.1 Å². The number of anilines is 1. The van der Waals surface area contributed by atoms with Gasteiger partial charge < -0.3 is 19.1 Å². The predicted molar refractivity (Wildman–Crippen MR) is 103 cm³/mol. The number of hydrogen-bond donors (Lipinski definition) is 0. The fourth-order valence-electron chi connectivity index (χ4n) is 2.64. The van der Waals surface area contributed by atoms with Crippen molar-refractivity contribution >= 4 is 17.6 Å². The quantitative estimate of drug-likeness (QED) is 0.667. The third-order valence-electron chi connectivity index (χ3n) is 4.20. The van der Waals surface area contributed by atoms with E-state index in [9.17, 15) is 9.59 Å². The summed E-state index contributed by atoms with van der Waals surface area (Å²) in [7, 11) is 4.79. The van der Waals surface area contributed by atoms with E-state index >= 15 is 0 Å². The molecule has 1 atom stereocenters. The first-order valence-electron chi connectivity index (χ1n) is 8.69. The van der Waals surface area contributed by atoms with Crippen LogP contribution in [-0.4, -0.2) is 39.2 Å². The number of hydrogen-bond acceptors (Lipinski definition) is 5. The Morgan fingerprint density at radius 2 is 1.67 bits per heavy atom. The van der Waals surface area contributed by atoms with Crippen LogP contribution in [0.4, 0.5) is 5.69 Å². The van der Waals surface area contributed by atoms with Crippen molar-refractivity contribution < 1.29 is 23.8 Å². The second-order valence-electron chi connectivity index (χ2n) is 6.05. The zero-order valence-corrected chi connectivity index (χ0v) is 16.1. The molecule has 2 aromatic rings. The molecule has 6 nitrogen and oxygen atoms in total. The molecule has 0 aliphatic carbocycles. The molecule has 6 heteroatoms. The van der Waals surface area contributed by atoms with Crippen LogP contribution in [0.15, 0.2) is 48.5 Å². The SMILES string of the molecule is COc1ccc(CCC(=O)O[C@@H](C)C(=O)N(C)c2ccccc2)cc1OC. The number of likely N-dealkylation sites (N-methyl/N-ethyl adjacent to an activating group) is 1. The Labute approximate surface area is 159 Å². The predicted octanol–water partition coefficient (Wildman–Crippen LogP) is 3.23. The molecule has 0 unspecified atom stereocenters. The van der Waals surface area contributed by atoms with E-state index in [1.54, 1.807) is 34.3 Å². The van der Waals surface area contributed by atoms with Crippen LogP contribution in [0.1, 0.15) is 18.9 Å². The number of aryl methyl sites for hydroxylation is 1. The van der Waals surface area contributed by atoms with Crippen LogP contribution in [0, 0.1) is 0 Å². The molecular weight excluding hydrogens is 346 g/mol. The van der Waals surface area contributed by atoms with E-state index in [0.29, 0.717) is 17.9 Å². The van der Waals surface area contributed by atoms with Crippen LogP contribution >= 0.6 is 0 Å². The maximum Gasteiger partial charge on any atom is 0.306 e. The van der Waals surface area contributed by atoms with Gasteiger partial charge in [0.15, 0.2) is 17.6 Å². The Kier molecular flexibility index (Phi) is 7.23. The number of para-hydroxylation sites is 1. The standard InChI is InChI=1S/C21H25NO5/c1-15(21(24)22(2)17-8-6-5-7-9-17)27-20(23)13-11-16-10-12-18(25-3)19(14-16)26-4/h5-10,12,14-15H,11,13H2,1-4H3/t15-/m0/s1. The van der Waals surface area contributed by atoms with Gasteiger partial charge in [0.05, 0.1) is 14.2 Å². The first-order valence-corrected chi connectivity index (χ1v) is 8.69. The molecular formula is C21H25NO5. The van der Waals surface area contributed by atoms with Crippen molar-refractivity contribution in [1.29, 1.82) is 0 Å². The van der Waals surface area contributed by atoms with E-state index in [2.05, 4.69) is 0 Å². The highest BCUT2D eigenvalue weighted by atomic mass is 16.5. The molecule has 0 N–H and O–H groups in total. The number of esters is 1. The van der Waals surface area contributed by atoms with Gasteiger partial charge in [0.25, 0.3) is 5.91 Å². The maximum atomic E-state index is 12.4. The van der Waals surface area contributed by atoms with Gasteiger partial charge in [-0.3, -0.25) is 9.59 Å². The van der Waals surface area contributed by atoms with E-state index in [4.69, 9.17) is 14.2 Å². The summed E-state index contributed by atoms with van der Waals surface area (Å²) in [4.78, 5) is 26.0. The van der Waals surface area contributed by atoms with Gasteiger partial charge in [-0.1, -0.05) is 24.3 Å². The van der Waals surface area contributed by atoms with Gasteiger partial charge in [0.1, 0.15) is 0 Å². The molecule has 0 aliphatic heterocycles. The highest BCUT2D eigenvalue weighted by molar-refractivity contribution is 5.96. The van der Waals surface area contributed by atoms with Crippen LogP contribution in [0.25, 0.3) is 0 Å². The lowest BCUT2D eigenvalue weighted by atomic mass is 10.1. The van der Waals surface area contributed by atoms with Gasteiger partial charge in [0, 0.05) is 19.2 Å². The largest absolute Gasteiger partial charge is 0.493 e. The van der Waals surface area contributed by atoms with E-state index in [1.807, 2.05) is 42.5 Å². The van der Waals surface area contributed by atoms with Crippen LogP contribution in [-0.2, 0) is 20.7 Å². The fourth-order valence-corrected chi connectivity index (χ4v) is 2.64. The zero-order chi connectivity index (χ0) is 19.8. The van der Waals surface area contributed by atoms with Crippen molar-refractivity contribution in [1.82, 2.24) is 0 Å². The molecule has 27 heavy (non-hydrogen) atoms. The van der Waals surface area contributed by atoms with Crippen molar-refractivity contribution in [2.75, 3.05) is 26.2 Å². The van der Waals surface area contributed by atoms with E-state index in [-0.39, 0.29) is 12.3 Å². The van der Waals surface area contributed by atoms with Gasteiger partial charge in [-0.15, -0.1) is 0 Å². The summed E-state index contributed by atoms with van der Waals surface area (Å²) in [5, 5.41) is 0. The van der Waals surface area contributed by atoms with E-state index < -0.39 is 12.1 Å². The summed E-state index contributed by atoms with van der Waals surface area (Å²) < 4.78 is 15.7. The maximum absolute atomic E-state index is 12.4. The third kappa shape index (κ3) is 5.48. The van der Waals surface area contributed by atoms with Crippen molar-refractivity contribution in [2.45, 2.75) is 25.9 Å². The number of nitrogens with zero attached hydrogens (tertiary/aromatic N) is 1. The van der Waals surface area contributed by atoms with Gasteiger partial charge in [-0.25, -0.2) is 0 Å². The summed E-state index contributed by atoms with van der Waals surface area (Å²) in [6, 6.07) is 14.7. The molecule has 0 spiro atoms. The Bertz CT molecular complexity index is 775. The van der Waals surface area contributed by atoms with Gasteiger partial charge in [-0.2, -0.15) is 0 Å². The molecule has 0 radical (unpaired) electrons. The summed E-state index contributed by atoms with van der Waals surface area (Å²) in [6.07, 6.45) is -0.204. The molecule has 2 rings (SSSR count). The average molecular weight is 371 g/mol. The second-order valence-corrected chi connectivity index (χ2v) is 6.05. The minimum Gasteiger partial charge on any atom is -0.493 e. The molecule has 0 aliphatic rings. The molecule has 0 heterocycles. The van der Waals surface area contributed by atoms with Gasteiger partial charge in [-0.05, 0) is 43.2 Å². The first kappa shape index (κ1) is 20.3. The molecule has 0 saturated heterocycles. The number of carbonyl (C=O) groups is 2. The normalized spacial score (nSPS) is 11.4. The van der Waals surface area contributed by atoms with Crippen LogP contribution in [0.3, 0.4) is 0 Å². The lowest BCUT2D eigenvalue weighted by Gasteiger charge is -2.21. The fraction of sp³-hybridized carbons (Fsp3) is 0.333. The Hall–Kier alpha value is -3.02. The summed E-state index contributed by atoms with van der Waals surface area (Å²) in [5.41, 5.74) is 1.67. The molecule has 0 aromatic heterocycles. The number of carbonyl (C=O) groups excluding carboxylic acids is 2. The number of methoxy groups -OCH3 is 2. The van der Waals surface area contributed by atoms with Crippen molar-refractivity contribution in [2.24, 2.45) is 0 Å². The summed E-state index contributed by atoms with van der Waals surface area (Å²) >= 11 is 0. The lowest BCUT2D eigenvalue weighted by Crippen LogP contribution is -2.37. The highest BCUT2D eigenvalue weighted by Gasteiger charge is 2.22. The van der Waals surface area contributed by atoms with E-state index in [0.717, 1.165) is 11.3 Å². The summed E-state index contributed by atoms with van der Waals surface area (Å²) in [5.74, 6) is 0.538. The lowest BCUT2D eigenvalue weighted by molar-refractivity contribution is -0.153. The second kappa shape index (κ2) is 9.62. The highest BCUT2D eigenvalue weighted by Crippen LogP contribution is 2.28. The van der Waals surface area contributed by atoms with Crippen molar-refractivity contribution in [3.8, 4) is 11.5 Å². The monoisotopic (exact) mass is 371 g/mol. The van der Waals surface area contributed by atoms with E-state index in [1.165, 1.54) is 4.90 Å². The molecule has 1 amide bonds. The number of amides is 1. The molecule has 0 saturated carbocycles. The summed E-state index contributed by atoms with van der Waals surface area (Å²) in [6.45, 7) is 1.58. The third-order valence-corrected chi connectivity index (χ3v) is 4.20. The number of rotatable bonds is 8. The van der Waals surface area contributed by atoms with Gasteiger partial charge >= 0.3 is 5.97 Å². The molecule has 2 aromatic carbocycles. The molecule has 0 bridgehead atoms. The minimum atomic E-state index is -0.854. The minimum absolute atomic E-state index is 0.169. The van der Waals surface area contributed by atoms with Crippen LogP contribution in [0.5, 0.6) is 11.5 Å². The Morgan fingerprint density at radius 3 is 2.30 bits per heavy atom. The Morgan fingerprint density at radius 1 is 1.00 bits per heavy atom. The van der Waals surface area contributed by atoms with Crippen molar-refractivity contribution in [3.63, 3.8) is 0 Å². The van der Waals surface area contributed by atoms with Crippen LogP contribution < -0.4 is 14.4 Å². The first-order chi connectivity index (χ1) is 13.0.